The highest BCUT2D eigenvalue weighted by Crippen LogP contribution is 2.26. The van der Waals surface area contributed by atoms with Crippen molar-refractivity contribution in [1.82, 2.24) is 4.98 Å². The topological polar surface area (TPSA) is 59.4 Å². The van der Waals surface area contributed by atoms with Crippen molar-refractivity contribution >= 4 is 39.9 Å². The Balaban J connectivity index is 2.13. The Morgan fingerprint density at radius 3 is 2.71 bits per heavy atom. The van der Waals surface area contributed by atoms with Crippen LogP contribution >= 0.6 is 33.9 Å². The third kappa shape index (κ3) is 4.16. The molecule has 0 aliphatic heterocycles. The number of halogens is 1. The van der Waals surface area contributed by atoms with Crippen molar-refractivity contribution in [1.29, 1.82) is 0 Å². The van der Waals surface area contributed by atoms with Gasteiger partial charge in [-0.25, -0.2) is 9.78 Å². The highest BCUT2D eigenvalue weighted by molar-refractivity contribution is 14.1. The number of thiazole rings is 1. The van der Waals surface area contributed by atoms with Gasteiger partial charge in [-0.2, -0.15) is 0 Å². The molecule has 0 unspecified atom stereocenters. The second-order valence-electron chi connectivity index (χ2n) is 5.61. The fourth-order valence-corrected chi connectivity index (χ4v) is 3.08. The number of rotatable bonds is 4. The van der Waals surface area contributed by atoms with Gasteiger partial charge in [-0.1, -0.05) is 20.8 Å². The number of carboxylic acid groups (broad SMARTS) is 1. The molecule has 0 aliphatic rings. The molecule has 2 aromatic rings. The highest BCUT2D eigenvalue weighted by Gasteiger charge is 2.18. The van der Waals surface area contributed by atoms with Crippen molar-refractivity contribution in [2.75, 3.05) is 0 Å². The lowest BCUT2D eigenvalue weighted by molar-refractivity contribution is 0.0691. The van der Waals surface area contributed by atoms with Crippen LogP contribution in [0.2, 0.25) is 0 Å². The molecule has 21 heavy (non-hydrogen) atoms. The van der Waals surface area contributed by atoms with Crippen LogP contribution in [-0.4, -0.2) is 16.1 Å². The maximum atomic E-state index is 11.2. The maximum absolute atomic E-state index is 11.2. The van der Waals surface area contributed by atoms with Crippen molar-refractivity contribution in [2.45, 2.75) is 32.8 Å². The Hall–Kier alpha value is -1.15. The molecule has 0 saturated heterocycles. The summed E-state index contributed by atoms with van der Waals surface area (Å²) in [6, 6.07) is 5.11. The molecule has 1 aromatic carbocycles. The van der Waals surface area contributed by atoms with Gasteiger partial charge in [0.15, 0.2) is 0 Å². The van der Waals surface area contributed by atoms with E-state index >= 15 is 0 Å². The van der Waals surface area contributed by atoms with Crippen molar-refractivity contribution in [3.63, 3.8) is 0 Å². The smallest absolute Gasteiger partial charge is 0.339 e. The SMILES string of the molecule is CC(C)(C)c1csc(COc2ccc(I)cc2C(=O)O)n1. The monoisotopic (exact) mass is 417 g/mol. The number of ether oxygens (including phenoxy) is 1. The summed E-state index contributed by atoms with van der Waals surface area (Å²) in [5.74, 6) is -0.617. The van der Waals surface area contributed by atoms with E-state index in [1.165, 1.54) is 11.3 Å². The molecule has 2 rings (SSSR count). The summed E-state index contributed by atoms with van der Waals surface area (Å²) in [6.07, 6.45) is 0. The number of carbonyl (C=O) groups is 1. The normalized spacial score (nSPS) is 11.4. The lowest BCUT2D eigenvalue weighted by atomic mass is 9.93. The van der Waals surface area contributed by atoms with E-state index in [9.17, 15) is 9.90 Å². The molecule has 0 aliphatic carbocycles. The summed E-state index contributed by atoms with van der Waals surface area (Å²) in [5, 5.41) is 12.1. The molecule has 0 atom stereocenters. The fraction of sp³-hybridized carbons (Fsp3) is 0.333. The average molecular weight is 417 g/mol. The standard InChI is InChI=1S/C15H16INO3S/c1-15(2,3)12-8-21-13(17-12)7-20-11-5-4-9(16)6-10(11)14(18)19/h4-6,8H,7H2,1-3H3,(H,18,19). The number of aromatic nitrogens is 1. The van der Waals surface area contributed by atoms with E-state index in [0.29, 0.717) is 5.75 Å². The Kier molecular flexibility index (Phi) is 4.88. The number of hydrogen-bond donors (Lipinski definition) is 1. The summed E-state index contributed by atoms with van der Waals surface area (Å²) in [6.45, 7) is 6.60. The highest BCUT2D eigenvalue weighted by atomic mass is 127. The van der Waals surface area contributed by atoms with Crippen molar-refractivity contribution in [3.05, 3.63) is 43.4 Å². The summed E-state index contributed by atoms with van der Waals surface area (Å²) >= 11 is 3.61. The van der Waals surface area contributed by atoms with Crippen LogP contribution in [0.1, 0.15) is 41.8 Å². The van der Waals surface area contributed by atoms with E-state index in [1.807, 2.05) is 11.4 Å². The van der Waals surface area contributed by atoms with E-state index in [-0.39, 0.29) is 17.6 Å². The number of nitrogens with zero attached hydrogens (tertiary/aromatic N) is 1. The van der Waals surface area contributed by atoms with Crippen LogP contribution in [-0.2, 0) is 12.0 Å². The minimum absolute atomic E-state index is 0.00380. The molecule has 0 saturated carbocycles. The predicted octanol–water partition coefficient (Wildman–Crippen LogP) is 4.32. The largest absolute Gasteiger partial charge is 0.486 e. The molecular weight excluding hydrogens is 401 g/mol. The lowest BCUT2D eigenvalue weighted by Crippen LogP contribution is -2.11. The molecule has 0 radical (unpaired) electrons. The minimum atomic E-state index is -0.988. The first kappa shape index (κ1) is 16.2. The van der Waals surface area contributed by atoms with Gasteiger partial charge in [0.1, 0.15) is 22.9 Å². The Morgan fingerprint density at radius 1 is 1.43 bits per heavy atom. The van der Waals surface area contributed by atoms with Crippen LogP contribution in [0.25, 0.3) is 0 Å². The maximum Gasteiger partial charge on any atom is 0.339 e. The molecular formula is C15H16INO3S. The van der Waals surface area contributed by atoms with Crippen LogP contribution < -0.4 is 4.74 Å². The first-order valence-electron chi connectivity index (χ1n) is 6.38. The number of hydrogen-bond acceptors (Lipinski definition) is 4. The molecule has 0 bridgehead atoms. The van der Waals surface area contributed by atoms with E-state index in [4.69, 9.17) is 4.74 Å². The van der Waals surface area contributed by atoms with Crippen molar-refractivity contribution in [2.24, 2.45) is 0 Å². The fourth-order valence-electron chi connectivity index (χ4n) is 1.66. The summed E-state index contributed by atoms with van der Waals surface area (Å²) in [7, 11) is 0. The Bertz CT molecular complexity index is 661. The second kappa shape index (κ2) is 6.31. The number of aromatic carboxylic acids is 1. The molecule has 1 N–H and O–H groups in total. The van der Waals surface area contributed by atoms with Gasteiger partial charge in [0, 0.05) is 14.4 Å². The number of carboxylic acids is 1. The van der Waals surface area contributed by atoms with E-state index in [0.717, 1.165) is 14.3 Å². The quantitative estimate of drug-likeness (QED) is 0.753. The van der Waals surface area contributed by atoms with Gasteiger partial charge in [0.05, 0.1) is 5.69 Å². The minimum Gasteiger partial charge on any atom is -0.486 e. The van der Waals surface area contributed by atoms with Crippen LogP contribution in [0, 0.1) is 3.57 Å². The first-order valence-corrected chi connectivity index (χ1v) is 8.34. The van der Waals surface area contributed by atoms with Crippen molar-refractivity contribution < 1.29 is 14.6 Å². The molecule has 4 nitrogen and oxygen atoms in total. The zero-order chi connectivity index (χ0) is 15.6. The van der Waals surface area contributed by atoms with Crippen LogP contribution in [0.3, 0.4) is 0 Å². The van der Waals surface area contributed by atoms with Gasteiger partial charge in [0.2, 0.25) is 0 Å². The van der Waals surface area contributed by atoms with Gasteiger partial charge in [-0.3, -0.25) is 0 Å². The Morgan fingerprint density at radius 2 is 2.14 bits per heavy atom. The Labute approximate surface area is 141 Å². The van der Waals surface area contributed by atoms with Crippen LogP contribution in [0.5, 0.6) is 5.75 Å². The summed E-state index contributed by atoms with van der Waals surface area (Å²) < 4.78 is 6.49. The second-order valence-corrected chi connectivity index (χ2v) is 7.80. The molecule has 112 valence electrons. The lowest BCUT2D eigenvalue weighted by Gasteiger charge is -2.14. The van der Waals surface area contributed by atoms with Crippen molar-refractivity contribution in [3.8, 4) is 5.75 Å². The van der Waals surface area contributed by atoms with Gasteiger partial charge in [-0.05, 0) is 40.8 Å². The molecule has 0 amide bonds. The zero-order valence-corrected chi connectivity index (χ0v) is 15.0. The molecule has 0 spiro atoms. The van der Waals surface area contributed by atoms with Crippen LogP contribution in [0.4, 0.5) is 0 Å². The average Bonchev–Trinajstić information content (AvgIpc) is 2.85. The molecule has 1 aromatic heterocycles. The summed E-state index contributed by atoms with van der Waals surface area (Å²) in [5.41, 5.74) is 1.20. The molecule has 6 heteroatoms. The van der Waals surface area contributed by atoms with Gasteiger partial charge in [-0.15, -0.1) is 11.3 Å². The van der Waals surface area contributed by atoms with Gasteiger partial charge in [0.25, 0.3) is 0 Å². The number of benzene rings is 1. The molecule has 1 heterocycles. The third-order valence-corrected chi connectivity index (χ3v) is 4.34. The van der Waals surface area contributed by atoms with E-state index < -0.39 is 5.97 Å². The van der Waals surface area contributed by atoms with Gasteiger partial charge < -0.3 is 9.84 Å². The molecule has 0 fully saturated rings. The zero-order valence-electron chi connectivity index (χ0n) is 12.0. The van der Waals surface area contributed by atoms with E-state index in [1.54, 1.807) is 12.1 Å². The van der Waals surface area contributed by atoms with Crippen LogP contribution in [0.15, 0.2) is 23.6 Å². The van der Waals surface area contributed by atoms with E-state index in [2.05, 4.69) is 48.3 Å². The first-order chi connectivity index (χ1) is 9.77. The predicted molar refractivity (Wildman–Crippen MR) is 91.3 cm³/mol. The summed E-state index contributed by atoms with van der Waals surface area (Å²) in [4.78, 5) is 15.8. The van der Waals surface area contributed by atoms with Gasteiger partial charge >= 0.3 is 5.97 Å². The third-order valence-electron chi connectivity index (χ3n) is 2.84.